The van der Waals surface area contributed by atoms with Crippen molar-refractivity contribution in [1.29, 1.82) is 0 Å². The molecule has 0 unspecified atom stereocenters. The topological polar surface area (TPSA) is 29.5 Å². The maximum Gasteiger partial charge on any atom is 0.409 e. The molecule has 1 amide bonds. The van der Waals surface area contributed by atoms with E-state index in [2.05, 4.69) is 13.8 Å². The smallest absolute Gasteiger partial charge is 0.409 e. The molecule has 1 aliphatic rings. The van der Waals surface area contributed by atoms with Crippen LogP contribution in [0.25, 0.3) is 0 Å². The van der Waals surface area contributed by atoms with E-state index in [1.54, 1.807) is 4.90 Å². The normalized spacial score (nSPS) is 23.2. The number of hydrogen-bond donors (Lipinski definition) is 0. The quantitative estimate of drug-likeness (QED) is 0.577. The van der Waals surface area contributed by atoms with Crippen LogP contribution in [0, 0.1) is 5.41 Å². The summed E-state index contributed by atoms with van der Waals surface area (Å²) in [5.74, 6) is 0. The first-order valence-electron chi connectivity index (χ1n) is 3.97. The van der Waals surface area contributed by atoms with E-state index in [1.165, 1.54) is 0 Å². The molecule has 3 heteroatoms. The maximum absolute atomic E-state index is 11.0. The second-order valence-electron chi connectivity index (χ2n) is 3.73. The van der Waals surface area contributed by atoms with Crippen molar-refractivity contribution in [3.8, 4) is 0 Å². The highest BCUT2D eigenvalue weighted by Gasteiger charge is 2.31. The van der Waals surface area contributed by atoms with E-state index in [0.29, 0.717) is 6.61 Å². The lowest BCUT2D eigenvalue weighted by atomic mass is 9.93. The number of amides is 1. The average molecular weight is 157 g/mol. The van der Waals surface area contributed by atoms with Crippen LogP contribution in [0.2, 0.25) is 0 Å². The van der Waals surface area contributed by atoms with Crippen molar-refractivity contribution in [1.82, 2.24) is 4.90 Å². The molecule has 1 saturated heterocycles. The van der Waals surface area contributed by atoms with Gasteiger partial charge in [0.05, 0.1) is 6.61 Å². The molecule has 64 valence electrons. The lowest BCUT2D eigenvalue weighted by Gasteiger charge is -2.36. The number of cyclic esters (lactones) is 1. The summed E-state index contributed by atoms with van der Waals surface area (Å²) in [5.41, 5.74) is 0.115. The second-order valence-corrected chi connectivity index (χ2v) is 3.73. The van der Waals surface area contributed by atoms with Gasteiger partial charge in [-0.05, 0) is 6.92 Å². The van der Waals surface area contributed by atoms with Crippen molar-refractivity contribution in [2.75, 3.05) is 19.7 Å². The van der Waals surface area contributed by atoms with Crippen LogP contribution in [0.3, 0.4) is 0 Å². The summed E-state index contributed by atoms with van der Waals surface area (Å²) in [6.45, 7) is 8.25. The van der Waals surface area contributed by atoms with Gasteiger partial charge in [0.25, 0.3) is 0 Å². The van der Waals surface area contributed by atoms with Gasteiger partial charge in [-0.3, -0.25) is 0 Å². The Hall–Kier alpha value is -0.730. The van der Waals surface area contributed by atoms with E-state index in [4.69, 9.17) is 4.74 Å². The van der Waals surface area contributed by atoms with Crippen LogP contribution in [0.1, 0.15) is 20.8 Å². The third-order valence-corrected chi connectivity index (χ3v) is 1.85. The molecule has 3 nitrogen and oxygen atoms in total. The van der Waals surface area contributed by atoms with Crippen molar-refractivity contribution >= 4 is 6.09 Å². The molecular weight excluding hydrogens is 142 g/mol. The first-order chi connectivity index (χ1) is 5.05. The summed E-state index contributed by atoms with van der Waals surface area (Å²) in [5, 5.41) is 0. The summed E-state index contributed by atoms with van der Waals surface area (Å²) < 4.78 is 4.98. The van der Waals surface area contributed by atoms with Gasteiger partial charge in [-0.1, -0.05) is 13.8 Å². The van der Waals surface area contributed by atoms with Crippen molar-refractivity contribution in [3.05, 3.63) is 0 Å². The van der Waals surface area contributed by atoms with Crippen molar-refractivity contribution in [2.45, 2.75) is 20.8 Å². The summed E-state index contributed by atoms with van der Waals surface area (Å²) in [6.07, 6.45) is -0.174. The molecule has 1 rings (SSSR count). The monoisotopic (exact) mass is 157 g/mol. The van der Waals surface area contributed by atoms with E-state index in [-0.39, 0.29) is 11.5 Å². The van der Waals surface area contributed by atoms with Gasteiger partial charge in [-0.15, -0.1) is 0 Å². The van der Waals surface area contributed by atoms with E-state index >= 15 is 0 Å². The van der Waals surface area contributed by atoms with Crippen LogP contribution >= 0.6 is 0 Å². The van der Waals surface area contributed by atoms with Crippen molar-refractivity contribution in [3.63, 3.8) is 0 Å². The van der Waals surface area contributed by atoms with Crippen molar-refractivity contribution < 1.29 is 9.53 Å². The minimum Gasteiger partial charge on any atom is -0.449 e. The predicted octanol–water partition coefficient (Wildman–Crippen LogP) is 1.48. The highest BCUT2D eigenvalue weighted by molar-refractivity contribution is 5.68. The third kappa shape index (κ3) is 1.85. The zero-order chi connectivity index (χ0) is 8.48. The first-order valence-corrected chi connectivity index (χ1v) is 3.97. The van der Waals surface area contributed by atoms with Gasteiger partial charge in [0, 0.05) is 18.5 Å². The molecule has 11 heavy (non-hydrogen) atoms. The Kier molecular flexibility index (Phi) is 2.07. The zero-order valence-corrected chi connectivity index (χ0v) is 7.39. The Morgan fingerprint density at radius 2 is 2.27 bits per heavy atom. The highest BCUT2D eigenvalue weighted by Crippen LogP contribution is 2.22. The lowest BCUT2D eigenvalue weighted by molar-refractivity contribution is 0.0116. The Bertz CT molecular complexity index is 165. The second kappa shape index (κ2) is 2.72. The summed E-state index contributed by atoms with van der Waals surface area (Å²) in [7, 11) is 0. The van der Waals surface area contributed by atoms with Gasteiger partial charge < -0.3 is 9.64 Å². The fourth-order valence-corrected chi connectivity index (χ4v) is 1.22. The van der Waals surface area contributed by atoms with Crippen LogP contribution in [-0.4, -0.2) is 30.7 Å². The maximum atomic E-state index is 11.0. The largest absolute Gasteiger partial charge is 0.449 e. The molecule has 0 bridgehead atoms. The molecule has 0 saturated carbocycles. The Balaban J connectivity index is 2.58. The number of carbonyl (C=O) groups excluding carboxylic acids is 1. The van der Waals surface area contributed by atoms with E-state index in [1.807, 2.05) is 6.92 Å². The zero-order valence-electron chi connectivity index (χ0n) is 7.39. The number of ether oxygens (including phenoxy) is 1. The van der Waals surface area contributed by atoms with Gasteiger partial charge in [0.2, 0.25) is 0 Å². The van der Waals surface area contributed by atoms with Gasteiger partial charge in [-0.2, -0.15) is 0 Å². The molecular formula is C8H15NO2. The molecule has 1 fully saturated rings. The minimum absolute atomic E-state index is 0.115. The first kappa shape index (κ1) is 8.37. The van der Waals surface area contributed by atoms with E-state index in [0.717, 1.165) is 13.1 Å². The molecule has 0 aromatic heterocycles. The van der Waals surface area contributed by atoms with Crippen molar-refractivity contribution in [2.24, 2.45) is 5.41 Å². The van der Waals surface area contributed by atoms with Gasteiger partial charge in [0.15, 0.2) is 0 Å². The fourth-order valence-electron chi connectivity index (χ4n) is 1.22. The molecule has 0 radical (unpaired) electrons. The molecule has 0 N–H and O–H groups in total. The molecule has 1 aliphatic heterocycles. The lowest BCUT2D eigenvalue weighted by Crippen LogP contribution is -2.47. The summed E-state index contributed by atoms with van der Waals surface area (Å²) in [6, 6.07) is 0. The molecule has 0 aromatic rings. The number of carbonyl (C=O) groups is 1. The van der Waals surface area contributed by atoms with Crippen LogP contribution in [-0.2, 0) is 4.74 Å². The highest BCUT2D eigenvalue weighted by atomic mass is 16.6. The predicted molar refractivity (Wildman–Crippen MR) is 42.4 cm³/mol. The van der Waals surface area contributed by atoms with Crippen LogP contribution in [0.4, 0.5) is 4.79 Å². The minimum atomic E-state index is -0.174. The summed E-state index contributed by atoms with van der Waals surface area (Å²) in [4.78, 5) is 12.7. The van der Waals surface area contributed by atoms with Gasteiger partial charge in [-0.25, -0.2) is 4.79 Å². The van der Waals surface area contributed by atoms with Gasteiger partial charge in [0.1, 0.15) is 0 Å². The number of rotatable bonds is 1. The number of hydrogen-bond acceptors (Lipinski definition) is 2. The third-order valence-electron chi connectivity index (χ3n) is 1.85. The van der Waals surface area contributed by atoms with Crippen LogP contribution < -0.4 is 0 Å². The van der Waals surface area contributed by atoms with Crippen LogP contribution in [0.15, 0.2) is 0 Å². The van der Waals surface area contributed by atoms with E-state index < -0.39 is 0 Å². The fraction of sp³-hybridized carbons (Fsp3) is 0.875. The molecule has 0 atom stereocenters. The van der Waals surface area contributed by atoms with Gasteiger partial charge >= 0.3 is 6.09 Å². The van der Waals surface area contributed by atoms with E-state index in [9.17, 15) is 4.79 Å². The average Bonchev–Trinajstić information content (AvgIpc) is 1.94. The molecule has 0 aliphatic carbocycles. The number of nitrogens with zero attached hydrogens (tertiary/aromatic N) is 1. The molecule has 0 spiro atoms. The molecule has 0 aromatic carbocycles. The SMILES string of the molecule is CCN1CC(C)(C)COC1=O. The Morgan fingerprint density at radius 3 is 2.73 bits per heavy atom. The Labute approximate surface area is 67.3 Å². The Morgan fingerprint density at radius 1 is 1.64 bits per heavy atom. The standard InChI is InChI=1S/C8H15NO2/c1-4-9-5-8(2,3)6-11-7(9)10/h4-6H2,1-3H3. The molecule has 1 heterocycles. The van der Waals surface area contributed by atoms with Crippen LogP contribution in [0.5, 0.6) is 0 Å². The summed E-state index contributed by atoms with van der Waals surface area (Å²) >= 11 is 0.